The third-order valence-electron chi connectivity index (χ3n) is 3.91. The van der Waals surface area contributed by atoms with Crippen molar-refractivity contribution in [3.05, 3.63) is 35.4 Å². The Labute approximate surface area is 117 Å². The van der Waals surface area contributed by atoms with Gasteiger partial charge < -0.3 is 5.73 Å². The number of nitrogens with two attached hydrogens (primary N) is 1. The van der Waals surface area contributed by atoms with E-state index in [0.29, 0.717) is 12.6 Å². The van der Waals surface area contributed by atoms with Gasteiger partial charge in [-0.3, -0.25) is 4.90 Å². The summed E-state index contributed by atoms with van der Waals surface area (Å²) in [6, 6.07) is 9.12. The fourth-order valence-electron chi connectivity index (χ4n) is 2.71. The Morgan fingerprint density at radius 2 is 2.11 bits per heavy atom. The van der Waals surface area contributed by atoms with Gasteiger partial charge in [-0.1, -0.05) is 42.9 Å². The number of likely N-dealkylation sites (tertiary alicyclic amines) is 1. The zero-order valence-electron chi connectivity index (χ0n) is 11.9. The van der Waals surface area contributed by atoms with Crippen molar-refractivity contribution in [3.63, 3.8) is 0 Å². The molecule has 1 aliphatic heterocycles. The molecule has 0 amide bonds. The predicted octanol–water partition coefficient (Wildman–Crippen LogP) is 2.76. The van der Waals surface area contributed by atoms with Crippen LogP contribution in [0.25, 0.3) is 0 Å². The van der Waals surface area contributed by atoms with E-state index < -0.39 is 0 Å². The smallest absolute Gasteiger partial charge is 0.0555 e. The van der Waals surface area contributed by atoms with Gasteiger partial charge in [0.1, 0.15) is 0 Å². The molecule has 1 saturated heterocycles. The molecule has 0 aromatic heterocycles. The highest BCUT2D eigenvalue weighted by atomic mass is 15.1. The molecule has 2 nitrogen and oxygen atoms in total. The van der Waals surface area contributed by atoms with Crippen LogP contribution < -0.4 is 5.73 Å². The lowest BCUT2D eigenvalue weighted by Gasteiger charge is -2.27. The molecule has 1 aromatic carbocycles. The summed E-state index contributed by atoms with van der Waals surface area (Å²) in [7, 11) is 0. The summed E-state index contributed by atoms with van der Waals surface area (Å²) in [6.07, 6.45) is 5.37. The molecule has 0 aliphatic carbocycles. The van der Waals surface area contributed by atoms with E-state index in [0.717, 1.165) is 12.1 Å². The van der Waals surface area contributed by atoms with Gasteiger partial charge in [0.15, 0.2) is 0 Å². The lowest BCUT2D eigenvalue weighted by atomic mass is 10.1. The first-order valence-corrected chi connectivity index (χ1v) is 7.32. The van der Waals surface area contributed by atoms with Gasteiger partial charge >= 0.3 is 0 Å². The van der Waals surface area contributed by atoms with Gasteiger partial charge in [0, 0.05) is 18.2 Å². The van der Waals surface area contributed by atoms with Crippen LogP contribution in [-0.2, 0) is 6.54 Å². The van der Waals surface area contributed by atoms with Crippen LogP contribution in [-0.4, -0.2) is 24.0 Å². The predicted molar refractivity (Wildman–Crippen MR) is 80.7 cm³/mol. The zero-order valence-corrected chi connectivity index (χ0v) is 11.9. The third-order valence-corrected chi connectivity index (χ3v) is 3.91. The minimum atomic E-state index is 0.425. The number of rotatable bonds is 2. The van der Waals surface area contributed by atoms with Crippen molar-refractivity contribution in [2.75, 3.05) is 13.1 Å². The highest BCUT2D eigenvalue weighted by Crippen LogP contribution is 2.20. The molecule has 1 fully saturated rings. The molecule has 0 radical (unpaired) electrons. The molecule has 102 valence electrons. The topological polar surface area (TPSA) is 29.3 Å². The van der Waals surface area contributed by atoms with Gasteiger partial charge in [-0.25, -0.2) is 0 Å². The second-order valence-electron chi connectivity index (χ2n) is 5.33. The minimum absolute atomic E-state index is 0.425. The van der Waals surface area contributed by atoms with E-state index in [1.165, 1.54) is 37.8 Å². The molecule has 1 atom stereocenters. The molecule has 1 aromatic rings. The molecular weight excluding hydrogens is 232 g/mol. The van der Waals surface area contributed by atoms with Gasteiger partial charge in [-0.15, -0.1) is 0 Å². The lowest BCUT2D eigenvalue weighted by molar-refractivity contribution is 0.205. The first-order valence-electron chi connectivity index (χ1n) is 7.32. The summed E-state index contributed by atoms with van der Waals surface area (Å²) in [5.41, 5.74) is 7.93. The molecule has 0 bridgehead atoms. The van der Waals surface area contributed by atoms with E-state index in [4.69, 9.17) is 5.73 Å². The summed E-state index contributed by atoms with van der Waals surface area (Å²) < 4.78 is 0. The van der Waals surface area contributed by atoms with Gasteiger partial charge in [-0.05, 0) is 37.9 Å². The third kappa shape index (κ3) is 4.09. The fourth-order valence-corrected chi connectivity index (χ4v) is 2.71. The molecule has 0 saturated carbocycles. The van der Waals surface area contributed by atoms with Crippen LogP contribution in [0, 0.1) is 11.8 Å². The Bertz CT molecular complexity index is 456. The van der Waals surface area contributed by atoms with Crippen LogP contribution in [0.3, 0.4) is 0 Å². The average Bonchev–Trinajstić information content (AvgIpc) is 2.63. The molecule has 2 rings (SSSR count). The van der Waals surface area contributed by atoms with E-state index >= 15 is 0 Å². The fraction of sp³-hybridized carbons (Fsp3) is 0.529. The van der Waals surface area contributed by atoms with Crippen molar-refractivity contribution in [1.29, 1.82) is 0 Å². The van der Waals surface area contributed by atoms with Crippen molar-refractivity contribution in [2.45, 2.75) is 45.2 Å². The summed E-state index contributed by atoms with van der Waals surface area (Å²) in [6.45, 7) is 4.99. The highest BCUT2D eigenvalue weighted by Gasteiger charge is 2.17. The second-order valence-corrected chi connectivity index (χ2v) is 5.33. The molecule has 1 unspecified atom stereocenters. The van der Waals surface area contributed by atoms with E-state index in [-0.39, 0.29) is 0 Å². The Balaban J connectivity index is 2.13. The van der Waals surface area contributed by atoms with Crippen LogP contribution in [0.2, 0.25) is 0 Å². The van der Waals surface area contributed by atoms with Crippen LogP contribution in [0.1, 0.15) is 43.7 Å². The van der Waals surface area contributed by atoms with Gasteiger partial charge in [0.05, 0.1) is 6.54 Å². The van der Waals surface area contributed by atoms with Gasteiger partial charge in [0.25, 0.3) is 0 Å². The normalized spacial score (nSPS) is 20.4. The van der Waals surface area contributed by atoms with Crippen molar-refractivity contribution in [3.8, 4) is 11.8 Å². The van der Waals surface area contributed by atoms with Crippen molar-refractivity contribution < 1.29 is 0 Å². The number of nitrogens with zero attached hydrogens (tertiary/aromatic N) is 1. The molecule has 19 heavy (non-hydrogen) atoms. The molecule has 1 heterocycles. The van der Waals surface area contributed by atoms with Crippen LogP contribution in [0.5, 0.6) is 0 Å². The van der Waals surface area contributed by atoms with E-state index in [9.17, 15) is 0 Å². The first kappa shape index (κ1) is 14.1. The molecular formula is C17H24N2. The van der Waals surface area contributed by atoms with Crippen molar-refractivity contribution in [1.82, 2.24) is 4.90 Å². The van der Waals surface area contributed by atoms with E-state index in [1.807, 2.05) is 0 Å². The van der Waals surface area contributed by atoms with E-state index in [1.54, 1.807) is 0 Å². The molecule has 2 N–H and O–H groups in total. The van der Waals surface area contributed by atoms with Crippen molar-refractivity contribution in [2.24, 2.45) is 5.73 Å². The Morgan fingerprint density at radius 3 is 2.95 bits per heavy atom. The summed E-state index contributed by atoms with van der Waals surface area (Å²) >= 11 is 0. The Kier molecular flexibility index (Phi) is 5.44. The maximum Gasteiger partial charge on any atom is 0.0555 e. The van der Waals surface area contributed by atoms with Crippen LogP contribution >= 0.6 is 0 Å². The number of hydrogen-bond donors (Lipinski definition) is 1. The highest BCUT2D eigenvalue weighted by molar-refractivity contribution is 5.41. The summed E-state index contributed by atoms with van der Waals surface area (Å²) in [5.74, 6) is 6.16. The quantitative estimate of drug-likeness (QED) is 0.824. The average molecular weight is 256 g/mol. The van der Waals surface area contributed by atoms with Crippen LogP contribution in [0.4, 0.5) is 0 Å². The van der Waals surface area contributed by atoms with E-state index in [2.05, 4.69) is 47.9 Å². The van der Waals surface area contributed by atoms with Crippen molar-refractivity contribution >= 4 is 0 Å². The minimum Gasteiger partial charge on any atom is -0.320 e. The first-order chi connectivity index (χ1) is 9.31. The lowest BCUT2D eigenvalue weighted by Crippen LogP contribution is -2.32. The second kappa shape index (κ2) is 7.33. The maximum atomic E-state index is 5.47. The van der Waals surface area contributed by atoms with Gasteiger partial charge in [0.2, 0.25) is 0 Å². The number of hydrogen-bond acceptors (Lipinski definition) is 2. The van der Waals surface area contributed by atoms with Crippen LogP contribution in [0.15, 0.2) is 24.3 Å². The number of benzene rings is 1. The zero-order chi connectivity index (χ0) is 13.5. The monoisotopic (exact) mass is 256 g/mol. The Hall–Kier alpha value is -1.30. The van der Waals surface area contributed by atoms with Gasteiger partial charge in [-0.2, -0.15) is 0 Å². The largest absolute Gasteiger partial charge is 0.320 e. The molecule has 2 heteroatoms. The standard InChI is InChI=1S/C17H24N2/c1-15-8-3-2-6-13-19(15)14-17-10-5-4-9-16(17)11-7-12-18/h4-5,9-10,15H,2-3,6,8,12-14,18H2,1H3. The maximum absolute atomic E-state index is 5.47. The summed E-state index contributed by atoms with van der Waals surface area (Å²) in [4.78, 5) is 2.59. The molecule has 1 aliphatic rings. The molecule has 0 spiro atoms. The SMILES string of the molecule is CC1CCCCCN1Cc1ccccc1C#CCN. The Morgan fingerprint density at radius 1 is 1.26 bits per heavy atom. The summed E-state index contributed by atoms with van der Waals surface area (Å²) in [5, 5.41) is 0.